The summed E-state index contributed by atoms with van der Waals surface area (Å²) >= 11 is 7.49. The van der Waals surface area contributed by atoms with E-state index in [1.165, 1.54) is 11.8 Å². The van der Waals surface area contributed by atoms with Gasteiger partial charge in [-0.3, -0.25) is 9.59 Å². The molecule has 3 aromatic rings. The van der Waals surface area contributed by atoms with Gasteiger partial charge in [0.2, 0.25) is 5.91 Å². The molecule has 0 aromatic heterocycles. The maximum atomic E-state index is 13.4. The maximum absolute atomic E-state index is 13.4. The number of amides is 1. The van der Waals surface area contributed by atoms with E-state index in [1.807, 2.05) is 54.6 Å². The molecule has 3 aromatic carbocycles. The zero-order chi connectivity index (χ0) is 21.4. The molecule has 1 heterocycles. The number of benzene rings is 3. The van der Waals surface area contributed by atoms with Gasteiger partial charge in [-0.05, 0) is 46.5 Å². The Morgan fingerprint density at radius 1 is 0.968 bits per heavy atom. The summed E-state index contributed by atoms with van der Waals surface area (Å²) in [5, 5.41) is 5.16. The Bertz CT molecular complexity index is 1250. The minimum absolute atomic E-state index is 0.0944. The molecule has 1 saturated heterocycles. The van der Waals surface area contributed by atoms with Crippen LogP contribution in [0.5, 0.6) is 0 Å². The van der Waals surface area contributed by atoms with Gasteiger partial charge in [-0.2, -0.15) is 0 Å². The highest BCUT2D eigenvalue weighted by Gasteiger charge is 2.48. The first-order valence-electron chi connectivity index (χ1n) is 10.2. The van der Waals surface area contributed by atoms with Gasteiger partial charge < -0.3 is 5.32 Å². The van der Waals surface area contributed by atoms with Crippen LogP contribution in [0.3, 0.4) is 0 Å². The fourth-order valence-electron chi connectivity index (χ4n) is 4.35. The molecule has 1 N–H and O–H groups in total. The number of allylic oxidation sites excluding steroid dienone is 2. The number of fused-ring (bicyclic) bond motifs is 1. The first-order chi connectivity index (χ1) is 15.1. The van der Waals surface area contributed by atoms with E-state index in [-0.39, 0.29) is 18.1 Å². The van der Waals surface area contributed by atoms with E-state index in [1.54, 1.807) is 6.07 Å². The Kier molecular flexibility index (Phi) is 5.20. The van der Waals surface area contributed by atoms with E-state index >= 15 is 0 Å². The Balaban J connectivity index is 1.54. The van der Waals surface area contributed by atoms with Crippen molar-refractivity contribution in [3.05, 3.63) is 101 Å². The predicted molar refractivity (Wildman–Crippen MR) is 126 cm³/mol. The third kappa shape index (κ3) is 3.60. The summed E-state index contributed by atoms with van der Waals surface area (Å²) in [5.74, 6) is -0.376. The van der Waals surface area contributed by atoms with Crippen molar-refractivity contribution in [2.24, 2.45) is 0 Å². The lowest BCUT2D eigenvalue weighted by Crippen LogP contribution is -2.58. The monoisotopic (exact) mass is 445 g/mol. The average molecular weight is 446 g/mol. The molecule has 31 heavy (non-hydrogen) atoms. The van der Waals surface area contributed by atoms with Crippen molar-refractivity contribution in [1.29, 1.82) is 0 Å². The molecular formula is C26H20ClNO2S. The highest BCUT2D eigenvalue weighted by atomic mass is 35.5. The lowest BCUT2D eigenvalue weighted by Gasteiger charge is -2.41. The van der Waals surface area contributed by atoms with Crippen LogP contribution in [-0.4, -0.2) is 16.9 Å². The summed E-state index contributed by atoms with van der Waals surface area (Å²) in [7, 11) is 0. The quantitative estimate of drug-likeness (QED) is 0.514. The van der Waals surface area contributed by atoms with Gasteiger partial charge in [-0.15, -0.1) is 11.8 Å². The topological polar surface area (TPSA) is 46.2 Å². The number of Topliss-reactive ketones (excluding diaryl/α,β-unsaturated/α-hetero) is 1. The van der Waals surface area contributed by atoms with Crippen LogP contribution < -0.4 is 5.32 Å². The predicted octanol–water partition coefficient (Wildman–Crippen LogP) is 5.82. The number of rotatable bonds is 4. The summed E-state index contributed by atoms with van der Waals surface area (Å²) in [5.41, 5.74) is 1.03. The fourth-order valence-corrected chi connectivity index (χ4v) is 5.59. The molecule has 0 bridgehead atoms. The normalized spacial score (nSPS) is 23.1. The lowest BCUT2D eigenvalue weighted by atomic mass is 9.75. The Labute approximate surface area is 190 Å². The second-order valence-electron chi connectivity index (χ2n) is 7.83. The summed E-state index contributed by atoms with van der Waals surface area (Å²) in [4.78, 5) is 27.4. The van der Waals surface area contributed by atoms with Crippen LogP contribution in [0.1, 0.15) is 18.4 Å². The van der Waals surface area contributed by atoms with E-state index in [2.05, 4.69) is 29.6 Å². The number of nitrogens with one attached hydrogen (secondary N) is 1. The van der Waals surface area contributed by atoms with Crippen molar-refractivity contribution in [2.45, 2.75) is 28.5 Å². The van der Waals surface area contributed by atoms with Gasteiger partial charge in [0.25, 0.3) is 0 Å². The largest absolute Gasteiger partial charge is 0.341 e. The van der Waals surface area contributed by atoms with Crippen LogP contribution in [-0.2, 0) is 15.1 Å². The first kappa shape index (κ1) is 20.1. The molecule has 5 heteroatoms. The van der Waals surface area contributed by atoms with Gasteiger partial charge in [0.15, 0.2) is 5.78 Å². The molecule has 1 fully saturated rings. The van der Waals surface area contributed by atoms with Crippen molar-refractivity contribution < 1.29 is 9.59 Å². The molecule has 3 nitrogen and oxygen atoms in total. The molecule has 2 atom stereocenters. The Morgan fingerprint density at radius 2 is 1.74 bits per heavy atom. The Hall–Kier alpha value is -2.82. The van der Waals surface area contributed by atoms with Crippen LogP contribution in [0.4, 0.5) is 0 Å². The standard InChI is InChI=1S/C26H20ClNO2S/c27-21-11-5-6-12-23(21)31-24-22(29)16-26(28-25(24)30,19-9-3-4-10-19)20-14-13-17-7-1-2-8-18(17)15-20/h1-3,5-15,24H,4,16H2,(H,28,30). The molecular weight excluding hydrogens is 426 g/mol. The van der Waals surface area contributed by atoms with E-state index in [0.29, 0.717) is 5.02 Å². The van der Waals surface area contributed by atoms with E-state index < -0.39 is 10.8 Å². The van der Waals surface area contributed by atoms with Gasteiger partial charge in [0, 0.05) is 11.3 Å². The molecule has 2 unspecified atom stereocenters. The van der Waals surface area contributed by atoms with Gasteiger partial charge in [-0.1, -0.05) is 78.4 Å². The second-order valence-corrected chi connectivity index (χ2v) is 9.38. The molecule has 1 amide bonds. The van der Waals surface area contributed by atoms with Crippen molar-refractivity contribution in [3.8, 4) is 0 Å². The van der Waals surface area contributed by atoms with Crippen LogP contribution in [0.2, 0.25) is 5.02 Å². The lowest BCUT2D eigenvalue weighted by molar-refractivity contribution is -0.132. The number of thioether (sulfide) groups is 1. The summed E-state index contributed by atoms with van der Waals surface area (Å²) in [6.45, 7) is 0. The van der Waals surface area contributed by atoms with E-state index in [0.717, 1.165) is 33.2 Å². The molecule has 0 radical (unpaired) electrons. The number of piperidine rings is 1. The fraction of sp³-hybridized carbons (Fsp3) is 0.154. The van der Waals surface area contributed by atoms with Gasteiger partial charge in [0.05, 0.1) is 10.6 Å². The number of halogens is 1. The molecule has 1 aliphatic heterocycles. The van der Waals surface area contributed by atoms with E-state index in [9.17, 15) is 9.59 Å². The van der Waals surface area contributed by atoms with Gasteiger partial charge in [0.1, 0.15) is 5.25 Å². The van der Waals surface area contributed by atoms with E-state index in [4.69, 9.17) is 11.6 Å². The van der Waals surface area contributed by atoms with Gasteiger partial charge in [-0.25, -0.2) is 0 Å². The van der Waals surface area contributed by atoms with Crippen LogP contribution in [0.15, 0.2) is 95.4 Å². The van der Waals surface area contributed by atoms with Crippen LogP contribution >= 0.6 is 23.4 Å². The van der Waals surface area contributed by atoms with Crippen molar-refractivity contribution in [3.63, 3.8) is 0 Å². The average Bonchev–Trinajstić information content (AvgIpc) is 3.32. The number of hydrogen-bond acceptors (Lipinski definition) is 3. The highest BCUT2D eigenvalue weighted by Crippen LogP contribution is 2.43. The number of ketones is 1. The molecule has 154 valence electrons. The third-order valence-electron chi connectivity index (χ3n) is 5.89. The molecule has 5 rings (SSSR count). The van der Waals surface area contributed by atoms with Crippen molar-refractivity contribution in [2.75, 3.05) is 0 Å². The highest BCUT2D eigenvalue weighted by molar-refractivity contribution is 8.01. The molecule has 2 aliphatic rings. The van der Waals surface area contributed by atoms with Crippen molar-refractivity contribution >= 4 is 45.8 Å². The maximum Gasteiger partial charge on any atom is 0.242 e. The van der Waals surface area contributed by atoms with Crippen LogP contribution in [0, 0.1) is 0 Å². The minimum Gasteiger partial charge on any atom is -0.341 e. The summed E-state index contributed by atoms with van der Waals surface area (Å²) in [6, 6.07) is 21.5. The summed E-state index contributed by atoms with van der Waals surface area (Å²) in [6.07, 6.45) is 7.16. The second kappa shape index (κ2) is 8.03. The number of carbonyl (C=O) groups is 2. The molecule has 0 saturated carbocycles. The zero-order valence-electron chi connectivity index (χ0n) is 16.7. The van der Waals surface area contributed by atoms with Crippen LogP contribution in [0.25, 0.3) is 10.8 Å². The Morgan fingerprint density at radius 3 is 2.48 bits per heavy atom. The molecule has 0 spiro atoms. The number of hydrogen-bond donors (Lipinski definition) is 1. The summed E-state index contributed by atoms with van der Waals surface area (Å²) < 4.78 is 0. The first-order valence-corrected chi connectivity index (χ1v) is 11.4. The SMILES string of the molecule is O=C1CC(C2=CCC=C2)(c2ccc3ccccc3c2)NC(=O)C1Sc1ccccc1Cl. The minimum atomic E-state index is -0.858. The smallest absolute Gasteiger partial charge is 0.242 e. The molecule has 1 aliphatic carbocycles. The zero-order valence-corrected chi connectivity index (χ0v) is 18.2. The number of carbonyl (C=O) groups excluding carboxylic acids is 2. The third-order valence-corrected chi connectivity index (χ3v) is 7.66. The van der Waals surface area contributed by atoms with Crippen molar-refractivity contribution in [1.82, 2.24) is 5.32 Å². The van der Waals surface area contributed by atoms with Gasteiger partial charge >= 0.3 is 0 Å².